The number of aromatic nitrogens is 1. The predicted molar refractivity (Wildman–Crippen MR) is 71.9 cm³/mol. The number of hydrogen-bond donors (Lipinski definition) is 1. The van der Waals surface area contributed by atoms with E-state index in [4.69, 9.17) is 5.73 Å². The van der Waals surface area contributed by atoms with Crippen molar-refractivity contribution in [3.63, 3.8) is 0 Å². The van der Waals surface area contributed by atoms with Crippen molar-refractivity contribution >= 4 is 0 Å². The number of nitrogens with two attached hydrogens (primary N) is 1. The van der Waals surface area contributed by atoms with Crippen molar-refractivity contribution in [2.24, 2.45) is 11.7 Å². The molecule has 0 unspecified atom stereocenters. The predicted octanol–water partition coefficient (Wildman–Crippen LogP) is 3.09. The first-order valence-corrected chi connectivity index (χ1v) is 6.84. The molecule has 1 fully saturated rings. The summed E-state index contributed by atoms with van der Waals surface area (Å²) in [6.45, 7) is 4.48. The summed E-state index contributed by atoms with van der Waals surface area (Å²) in [7, 11) is 0. The normalized spacial score (nSPS) is 29.2. The molecule has 0 radical (unpaired) electrons. The first kappa shape index (κ1) is 12.6. The van der Waals surface area contributed by atoms with Gasteiger partial charge in [0.25, 0.3) is 0 Å². The van der Waals surface area contributed by atoms with E-state index in [1.54, 1.807) is 0 Å². The topological polar surface area (TPSA) is 38.9 Å². The van der Waals surface area contributed by atoms with Gasteiger partial charge >= 0.3 is 0 Å². The molecule has 2 heteroatoms. The zero-order chi connectivity index (χ0) is 12.3. The summed E-state index contributed by atoms with van der Waals surface area (Å²) in [5.41, 5.74) is 8.93. The van der Waals surface area contributed by atoms with Gasteiger partial charge in [-0.25, -0.2) is 0 Å². The Morgan fingerprint density at radius 3 is 2.59 bits per heavy atom. The van der Waals surface area contributed by atoms with Crippen LogP contribution in [0.4, 0.5) is 0 Å². The van der Waals surface area contributed by atoms with E-state index in [9.17, 15) is 0 Å². The van der Waals surface area contributed by atoms with Crippen molar-refractivity contribution in [2.75, 3.05) is 0 Å². The van der Waals surface area contributed by atoms with Gasteiger partial charge in [0.15, 0.2) is 0 Å². The lowest BCUT2D eigenvalue weighted by molar-refractivity contribution is 0.242. The second-order valence-corrected chi connectivity index (χ2v) is 5.73. The van der Waals surface area contributed by atoms with E-state index in [1.165, 1.54) is 18.4 Å². The van der Waals surface area contributed by atoms with Crippen LogP contribution < -0.4 is 5.73 Å². The second-order valence-electron chi connectivity index (χ2n) is 5.73. The van der Waals surface area contributed by atoms with Crippen LogP contribution >= 0.6 is 0 Å². The number of aryl methyl sites for hydroxylation is 1. The van der Waals surface area contributed by atoms with Gasteiger partial charge in [0.1, 0.15) is 0 Å². The standard InChI is InChI=1S/C15H24N2/c1-3-13-4-5-14(17-11-13)10-15(16)8-6-12(2)7-9-15/h4-5,11-12H,3,6-10,16H2,1-2H3. The summed E-state index contributed by atoms with van der Waals surface area (Å²) in [5, 5.41) is 0. The third-order valence-corrected chi connectivity index (χ3v) is 4.10. The fourth-order valence-electron chi connectivity index (χ4n) is 2.64. The molecular weight excluding hydrogens is 208 g/mol. The Labute approximate surface area is 105 Å². The van der Waals surface area contributed by atoms with Crippen LogP contribution in [0, 0.1) is 5.92 Å². The highest BCUT2D eigenvalue weighted by molar-refractivity contribution is 5.16. The molecule has 1 aromatic rings. The fourth-order valence-corrected chi connectivity index (χ4v) is 2.64. The molecule has 2 N–H and O–H groups in total. The molecule has 1 aromatic heterocycles. The number of hydrogen-bond acceptors (Lipinski definition) is 2. The SMILES string of the molecule is CCc1ccc(CC2(N)CCC(C)CC2)nc1. The van der Waals surface area contributed by atoms with E-state index in [1.807, 2.05) is 6.20 Å². The Bertz CT molecular complexity index is 348. The van der Waals surface area contributed by atoms with E-state index in [0.717, 1.165) is 37.3 Å². The van der Waals surface area contributed by atoms with Crippen LogP contribution in [0.25, 0.3) is 0 Å². The Balaban J connectivity index is 1.99. The molecule has 0 aliphatic heterocycles. The average molecular weight is 232 g/mol. The van der Waals surface area contributed by atoms with Crippen molar-refractivity contribution in [1.82, 2.24) is 4.98 Å². The van der Waals surface area contributed by atoms with E-state index in [0.29, 0.717) is 0 Å². The van der Waals surface area contributed by atoms with Crippen LogP contribution in [0.15, 0.2) is 18.3 Å². The van der Waals surface area contributed by atoms with Crippen LogP contribution in [0.3, 0.4) is 0 Å². The largest absolute Gasteiger partial charge is 0.325 e. The molecule has 1 heterocycles. The Hall–Kier alpha value is -0.890. The van der Waals surface area contributed by atoms with Gasteiger partial charge in [-0.2, -0.15) is 0 Å². The van der Waals surface area contributed by atoms with Crippen molar-refractivity contribution < 1.29 is 0 Å². The molecule has 17 heavy (non-hydrogen) atoms. The highest BCUT2D eigenvalue weighted by atomic mass is 14.8. The first-order chi connectivity index (χ1) is 8.11. The van der Waals surface area contributed by atoms with Gasteiger partial charge in [0.2, 0.25) is 0 Å². The highest BCUT2D eigenvalue weighted by Crippen LogP contribution is 2.32. The Morgan fingerprint density at radius 2 is 2.06 bits per heavy atom. The molecule has 0 aromatic carbocycles. The quantitative estimate of drug-likeness (QED) is 0.869. The number of pyridine rings is 1. The summed E-state index contributed by atoms with van der Waals surface area (Å²) < 4.78 is 0. The van der Waals surface area contributed by atoms with Gasteiger partial charge in [-0.1, -0.05) is 19.9 Å². The van der Waals surface area contributed by atoms with Crippen LogP contribution in [-0.2, 0) is 12.8 Å². The highest BCUT2D eigenvalue weighted by Gasteiger charge is 2.30. The van der Waals surface area contributed by atoms with Crippen molar-refractivity contribution in [2.45, 2.75) is 57.9 Å². The van der Waals surface area contributed by atoms with Crippen LogP contribution in [-0.4, -0.2) is 10.5 Å². The van der Waals surface area contributed by atoms with E-state index in [2.05, 4.69) is 31.0 Å². The summed E-state index contributed by atoms with van der Waals surface area (Å²) in [5.74, 6) is 0.849. The Kier molecular flexibility index (Phi) is 3.82. The molecule has 1 aliphatic carbocycles. The minimum absolute atomic E-state index is 0.00671. The number of nitrogens with zero attached hydrogens (tertiary/aromatic N) is 1. The Morgan fingerprint density at radius 1 is 1.35 bits per heavy atom. The van der Waals surface area contributed by atoms with Gasteiger partial charge < -0.3 is 5.73 Å². The maximum atomic E-state index is 6.48. The summed E-state index contributed by atoms with van der Waals surface area (Å²) in [6.07, 6.45) is 8.80. The average Bonchev–Trinajstić information content (AvgIpc) is 2.34. The third kappa shape index (κ3) is 3.29. The fraction of sp³-hybridized carbons (Fsp3) is 0.667. The monoisotopic (exact) mass is 232 g/mol. The van der Waals surface area contributed by atoms with Gasteiger partial charge in [0.05, 0.1) is 0 Å². The van der Waals surface area contributed by atoms with E-state index in [-0.39, 0.29) is 5.54 Å². The molecule has 94 valence electrons. The van der Waals surface area contributed by atoms with E-state index < -0.39 is 0 Å². The maximum absolute atomic E-state index is 6.48. The first-order valence-electron chi connectivity index (χ1n) is 6.84. The van der Waals surface area contributed by atoms with Crippen molar-refractivity contribution in [1.29, 1.82) is 0 Å². The smallest absolute Gasteiger partial charge is 0.0422 e. The molecule has 0 amide bonds. The lowest BCUT2D eigenvalue weighted by Crippen LogP contribution is -2.45. The molecular formula is C15H24N2. The van der Waals surface area contributed by atoms with Gasteiger partial charge in [0, 0.05) is 23.9 Å². The minimum atomic E-state index is -0.00671. The zero-order valence-electron chi connectivity index (χ0n) is 11.1. The summed E-state index contributed by atoms with van der Waals surface area (Å²) in [6, 6.07) is 4.32. The third-order valence-electron chi connectivity index (χ3n) is 4.10. The number of rotatable bonds is 3. The van der Waals surface area contributed by atoms with Gasteiger partial charge in [-0.15, -0.1) is 0 Å². The van der Waals surface area contributed by atoms with Crippen LogP contribution in [0.2, 0.25) is 0 Å². The molecule has 1 saturated carbocycles. The van der Waals surface area contributed by atoms with E-state index >= 15 is 0 Å². The molecule has 1 aliphatic rings. The molecule has 0 saturated heterocycles. The lowest BCUT2D eigenvalue weighted by Gasteiger charge is -2.36. The summed E-state index contributed by atoms with van der Waals surface area (Å²) >= 11 is 0. The lowest BCUT2D eigenvalue weighted by atomic mass is 9.75. The van der Waals surface area contributed by atoms with Gasteiger partial charge in [-0.3, -0.25) is 4.98 Å². The zero-order valence-corrected chi connectivity index (χ0v) is 11.1. The maximum Gasteiger partial charge on any atom is 0.0422 e. The molecule has 2 rings (SSSR count). The minimum Gasteiger partial charge on any atom is -0.325 e. The van der Waals surface area contributed by atoms with Crippen LogP contribution in [0.1, 0.15) is 50.8 Å². The summed E-state index contributed by atoms with van der Waals surface area (Å²) in [4.78, 5) is 4.53. The molecule has 0 spiro atoms. The van der Waals surface area contributed by atoms with Crippen LogP contribution in [0.5, 0.6) is 0 Å². The second kappa shape index (κ2) is 5.18. The molecule has 0 atom stereocenters. The van der Waals surface area contributed by atoms with Gasteiger partial charge in [-0.05, 0) is 49.7 Å². The van der Waals surface area contributed by atoms with Crippen molar-refractivity contribution in [3.05, 3.63) is 29.6 Å². The molecule has 0 bridgehead atoms. The van der Waals surface area contributed by atoms with Crippen molar-refractivity contribution in [3.8, 4) is 0 Å². The molecule has 2 nitrogen and oxygen atoms in total.